The molecule has 148 valence electrons. The molecule has 29 heavy (non-hydrogen) atoms. The normalized spacial score (nSPS) is 10.3. The molecule has 0 aliphatic rings. The molecule has 2 aromatic carbocycles. The van der Waals surface area contributed by atoms with Crippen molar-refractivity contribution in [2.45, 2.75) is 6.54 Å². The second kappa shape index (κ2) is 9.68. The monoisotopic (exact) mass is 408 g/mol. The quantitative estimate of drug-likeness (QED) is 0.411. The van der Waals surface area contributed by atoms with Gasteiger partial charge in [-0.2, -0.15) is 4.98 Å². The van der Waals surface area contributed by atoms with Crippen LogP contribution in [0.2, 0.25) is 5.02 Å². The molecule has 0 bridgehead atoms. The molecule has 1 heterocycles. The highest BCUT2D eigenvalue weighted by atomic mass is 35.5. The number of hydrogen-bond acceptors (Lipinski definition) is 6. The molecule has 0 saturated heterocycles. The molecule has 7 nitrogen and oxygen atoms in total. The van der Waals surface area contributed by atoms with Gasteiger partial charge in [0.15, 0.2) is 5.82 Å². The first-order chi connectivity index (χ1) is 14.1. The van der Waals surface area contributed by atoms with Crippen LogP contribution in [0.3, 0.4) is 0 Å². The Morgan fingerprint density at radius 2 is 1.93 bits per heavy atom. The second-order valence-electron chi connectivity index (χ2n) is 6.10. The summed E-state index contributed by atoms with van der Waals surface area (Å²) in [5.74, 6) is 0.579. The summed E-state index contributed by atoms with van der Waals surface area (Å²) in [6, 6.07) is 15.1. The predicted molar refractivity (Wildman–Crippen MR) is 118 cm³/mol. The van der Waals surface area contributed by atoms with Gasteiger partial charge >= 0.3 is 0 Å². The van der Waals surface area contributed by atoms with Crippen molar-refractivity contribution in [2.75, 3.05) is 23.0 Å². The summed E-state index contributed by atoms with van der Waals surface area (Å²) in [4.78, 5) is 20.2. The highest BCUT2D eigenvalue weighted by Gasteiger charge is 2.09. The van der Waals surface area contributed by atoms with Crippen molar-refractivity contribution in [3.63, 3.8) is 0 Å². The van der Waals surface area contributed by atoms with Crippen molar-refractivity contribution >= 4 is 46.3 Å². The number of carbonyl (C=O) groups excluding carboxylic acids is 1. The van der Waals surface area contributed by atoms with Crippen molar-refractivity contribution in [1.82, 2.24) is 15.3 Å². The van der Waals surface area contributed by atoms with Crippen LogP contribution in [0, 0.1) is 0 Å². The van der Waals surface area contributed by atoms with Gasteiger partial charge in [-0.3, -0.25) is 4.79 Å². The van der Waals surface area contributed by atoms with Gasteiger partial charge in [-0.1, -0.05) is 42.4 Å². The molecule has 1 amide bonds. The number of hydrogen-bond donors (Lipinski definition) is 4. The van der Waals surface area contributed by atoms with Crippen molar-refractivity contribution in [3.05, 3.63) is 78.0 Å². The smallest absolute Gasteiger partial charge is 0.247 e. The minimum absolute atomic E-state index is 0.281. The zero-order valence-corrected chi connectivity index (χ0v) is 16.6. The van der Waals surface area contributed by atoms with E-state index in [0.717, 1.165) is 16.9 Å². The predicted octanol–water partition coefficient (Wildman–Crippen LogP) is 4.46. The van der Waals surface area contributed by atoms with E-state index in [0.29, 0.717) is 29.0 Å². The molecule has 0 aliphatic heterocycles. The van der Waals surface area contributed by atoms with Crippen LogP contribution in [0.1, 0.15) is 5.56 Å². The van der Waals surface area contributed by atoms with E-state index in [4.69, 9.17) is 11.6 Å². The van der Waals surface area contributed by atoms with Gasteiger partial charge in [0.1, 0.15) is 5.02 Å². The van der Waals surface area contributed by atoms with Gasteiger partial charge in [0.25, 0.3) is 0 Å². The summed E-state index contributed by atoms with van der Waals surface area (Å²) in [7, 11) is 1.89. The number of amides is 1. The van der Waals surface area contributed by atoms with Crippen LogP contribution in [0.4, 0.5) is 28.8 Å². The van der Waals surface area contributed by atoms with Crippen LogP contribution in [0.5, 0.6) is 0 Å². The van der Waals surface area contributed by atoms with Crippen LogP contribution >= 0.6 is 11.6 Å². The molecule has 0 aliphatic carbocycles. The largest absolute Gasteiger partial charge is 0.339 e. The lowest BCUT2D eigenvalue weighted by Crippen LogP contribution is -2.09. The van der Waals surface area contributed by atoms with Crippen molar-refractivity contribution < 1.29 is 4.79 Å². The number of nitrogens with one attached hydrogen (secondary N) is 4. The van der Waals surface area contributed by atoms with Gasteiger partial charge in [-0.15, -0.1) is 0 Å². The first-order valence-electron chi connectivity index (χ1n) is 8.91. The molecule has 0 atom stereocenters. The molecule has 0 radical (unpaired) electrons. The maximum absolute atomic E-state index is 11.5. The SMILES string of the molecule is C=CC(=O)Nc1cccc(Nc2ncc(Cl)c(Nc3ccccc3CNC)n2)c1. The molecule has 0 fully saturated rings. The van der Waals surface area contributed by atoms with Crippen molar-refractivity contribution in [3.8, 4) is 0 Å². The summed E-state index contributed by atoms with van der Waals surface area (Å²) in [6.07, 6.45) is 2.75. The maximum atomic E-state index is 11.5. The summed E-state index contributed by atoms with van der Waals surface area (Å²) >= 11 is 6.29. The number of rotatable bonds is 8. The van der Waals surface area contributed by atoms with Crippen molar-refractivity contribution in [1.29, 1.82) is 0 Å². The molecule has 3 rings (SSSR count). The highest BCUT2D eigenvalue weighted by Crippen LogP contribution is 2.27. The molecule has 0 saturated carbocycles. The molecule has 3 aromatic rings. The number of benzene rings is 2. The van der Waals surface area contributed by atoms with E-state index < -0.39 is 0 Å². The number of anilines is 5. The van der Waals surface area contributed by atoms with E-state index in [1.807, 2.05) is 43.4 Å². The molecular weight excluding hydrogens is 388 g/mol. The molecule has 0 unspecified atom stereocenters. The zero-order chi connectivity index (χ0) is 20.6. The van der Waals surface area contributed by atoms with Gasteiger partial charge in [-0.05, 0) is 43.0 Å². The first-order valence-corrected chi connectivity index (χ1v) is 9.29. The number of aromatic nitrogens is 2. The summed E-state index contributed by atoms with van der Waals surface area (Å²) < 4.78 is 0. The van der Waals surface area contributed by atoms with Gasteiger partial charge in [0.05, 0.1) is 6.20 Å². The fraction of sp³-hybridized carbons (Fsp3) is 0.0952. The van der Waals surface area contributed by atoms with Crippen LogP contribution in [-0.4, -0.2) is 22.9 Å². The Bertz CT molecular complexity index is 1020. The summed E-state index contributed by atoms with van der Waals surface area (Å²) in [5, 5.41) is 12.6. The fourth-order valence-electron chi connectivity index (χ4n) is 2.63. The third-order valence-electron chi connectivity index (χ3n) is 3.95. The lowest BCUT2D eigenvalue weighted by atomic mass is 10.2. The minimum atomic E-state index is -0.281. The summed E-state index contributed by atoms with van der Waals surface area (Å²) in [6.45, 7) is 4.15. The fourth-order valence-corrected chi connectivity index (χ4v) is 2.76. The second-order valence-corrected chi connectivity index (χ2v) is 6.51. The Kier molecular flexibility index (Phi) is 6.78. The van der Waals surface area contributed by atoms with Gasteiger partial charge in [-0.25, -0.2) is 4.98 Å². The topological polar surface area (TPSA) is 91.0 Å². The number of carbonyl (C=O) groups is 1. The molecule has 0 spiro atoms. The van der Waals surface area contributed by atoms with E-state index in [1.54, 1.807) is 12.1 Å². The highest BCUT2D eigenvalue weighted by molar-refractivity contribution is 6.32. The Morgan fingerprint density at radius 3 is 2.72 bits per heavy atom. The maximum Gasteiger partial charge on any atom is 0.247 e. The Labute approximate surface area is 174 Å². The van der Waals surface area contributed by atoms with Gasteiger partial charge < -0.3 is 21.3 Å². The zero-order valence-electron chi connectivity index (χ0n) is 15.9. The lowest BCUT2D eigenvalue weighted by Gasteiger charge is -2.13. The van der Waals surface area contributed by atoms with Crippen molar-refractivity contribution in [2.24, 2.45) is 0 Å². The Balaban J connectivity index is 1.80. The van der Waals surface area contributed by atoms with Gasteiger partial charge in [0.2, 0.25) is 11.9 Å². The standard InChI is InChI=1S/C21H21ClN6O/c1-3-19(29)25-15-8-6-9-16(11-15)26-21-24-13-17(22)20(28-21)27-18-10-5-4-7-14(18)12-23-2/h3-11,13,23H,1,12H2,2H3,(H,25,29)(H2,24,26,27,28). The lowest BCUT2D eigenvalue weighted by molar-refractivity contribution is -0.111. The average Bonchev–Trinajstić information content (AvgIpc) is 2.72. The van der Waals surface area contributed by atoms with Crippen LogP contribution in [0.25, 0.3) is 0 Å². The van der Waals surface area contributed by atoms with E-state index in [9.17, 15) is 4.79 Å². The third kappa shape index (κ3) is 5.54. The third-order valence-corrected chi connectivity index (χ3v) is 4.23. The van der Waals surface area contributed by atoms with E-state index in [-0.39, 0.29) is 5.91 Å². The van der Waals surface area contributed by atoms with Gasteiger partial charge in [0, 0.05) is 23.6 Å². The van der Waals surface area contributed by atoms with Crippen LogP contribution in [0.15, 0.2) is 67.4 Å². The molecule has 1 aromatic heterocycles. The first kappa shape index (κ1) is 20.3. The average molecular weight is 409 g/mol. The van der Waals surface area contributed by atoms with E-state index in [2.05, 4.69) is 37.8 Å². The van der Waals surface area contributed by atoms with E-state index >= 15 is 0 Å². The Hall–Kier alpha value is -3.42. The van der Waals surface area contributed by atoms with Crippen LogP contribution in [-0.2, 0) is 11.3 Å². The summed E-state index contributed by atoms with van der Waals surface area (Å²) in [5.41, 5.74) is 3.34. The van der Waals surface area contributed by atoms with E-state index in [1.165, 1.54) is 12.3 Å². The Morgan fingerprint density at radius 1 is 1.14 bits per heavy atom. The number of para-hydroxylation sites is 1. The molecular formula is C21H21ClN6O. The minimum Gasteiger partial charge on any atom is -0.339 e. The number of halogens is 1. The number of nitrogens with zero attached hydrogens (tertiary/aromatic N) is 2. The molecule has 4 N–H and O–H groups in total. The van der Waals surface area contributed by atoms with Crippen LogP contribution < -0.4 is 21.3 Å². The molecule has 8 heteroatoms.